The Morgan fingerprint density at radius 1 is 0.703 bits per heavy atom. The van der Waals surface area contributed by atoms with Crippen molar-refractivity contribution in [3.63, 3.8) is 0 Å². The summed E-state index contributed by atoms with van der Waals surface area (Å²) in [4.78, 5) is 13.9. The molecule has 2 aromatic heterocycles. The van der Waals surface area contributed by atoms with Gasteiger partial charge in [-0.3, -0.25) is 15.0 Å². The molecule has 2 unspecified atom stereocenters. The van der Waals surface area contributed by atoms with Crippen molar-refractivity contribution in [3.8, 4) is 17.1 Å². The van der Waals surface area contributed by atoms with Crippen LogP contribution in [-0.2, 0) is 0 Å². The lowest BCUT2D eigenvalue weighted by atomic mass is 9.96. The van der Waals surface area contributed by atoms with Crippen LogP contribution in [0.2, 0.25) is 6.04 Å². The highest BCUT2D eigenvalue weighted by Crippen LogP contribution is 2.20. The molecule has 2 radical (unpaired) electrons. The number of pyridine rings is 1. The monoisotopic (exact) mass is 523 g/mol. The maximum atomic E-state index is 5.87. The number of hydrogen-bond acceptors (Lipinski definition) is 4. The van der Waals surface area contributed by atoms with E-state index < -0.39 is 0 Å². The van der Waals surface area contributed by atoms with Crippen molar-refractivity contribution in [2.45, 2.75) is 130 Å². The second-order valence-corrected chi connectivity index (χ2v) is 12.3. The Labute approximate surface area is 230 Å². The lowest BCUT2D eigenvalue weighted by Gasteiger charge is -2.12. The molecule has 0 aromatic carbocycles. The van der Waals surface area contributed by atoms with Crippen LogP contribution in [0.1, 0.15) is 124 Å². The van der Waals surface area contributed by atoms with Crippen LogP contribution in [0.4, 0.5) is 0 Å². The van der Waals surface area contributed by atoms with Crippen LogP contribution in [0, 0.1) is 11.8 Å². The maximum Gasteiger partial charge on any atom is 0.137 e. The van der Waals surface area contributed by atoms with Crippen LogP contribution in [0.15, 0.2) is 30.7 Å². The Hall–Kier alpha value is -1.75. The van der Waals surface area contributed by atoms with E-state index >= 15 is 0 Å². The summed E-state index contributed by atoms with van der Waals surface area (Å²) < 4.78 is 5.87. The maximum absolute atomic E-state index is 5.87. The average Bonchev–Trinajstić information content (AvgIpc) is 2.92. The molecule has 0 fully saturated rings. The fourth-order valence-electron chi connectivity index (χ4n) is 4.69. The van der Waals surface area contributed by atoms with Crippen molar-refractivity contribution < 1.29 is 4.74 Å². The molecular weight excluding hydrogens is 470 g/mol. The van der Waals surface area contributed by atoms with Gasteiger partial charge in [-0.25, -0.2) is 0 Å². The van der Waals surface area contributed by atoms with Gasteiger partial charge < -0.3 is 4.74 Å². The van der Waals surface area contributed by atoms with Gasteiger partial charge in [-0.2, -0.15) is 0 Å². The summed E-state index contributed by atoms with van der Waals surface area (Å²) in [5, 5.41) is 1.09. The fraction of sp³-hybridized carbons (Fsp3) is 0.719. The van der Waals surface area contributed by atoms with Crippen LogP contribution < -0.4 is 10.1 Å². The van der Waals surface area contributed by atoms with Crippen LogP contribution in [0.25, 0.3) is 11.4 Å². The van der Waals surface area contributed by atoms with Crippen LogP contribution in [0.3, 0.4) is 0 Å². The molecule has 0 saturated carbocycles. The van der Waals surface area contributed by atoms with E-state index in [2.05, 4.69) is 37.7 Å². The van der Waals surface area contributed by atoms with Gasteiger partial charge in [-0.15, -0.1) is 0 Å². The van der Waals surface area contributed by atoms with Crippen LogP contribution >= 0.6 is 0 Å². The third kappa shape index (κ3) is 14.7. The minimum atomic E-state index is 0.704. The molecule has 0 bridgehead atoms. The molecular formula is C32H53N3OSi. The molecule has 2 heterocycles. The number of nitrogens with zero attached hydrogens (tertiary/aromatic N) is 3. The zero-order chi connectivity index (χ0) is 26.6. The van der Waals surface area contributed by atoms with Crippen molar-refractivity contribution >= 4 is 14.8 Å². The molecule has 2 aromatic rings. The van der Waals surface area contributed by atoms with Crippen LogP contribution in [0.5, 0.6) is 5.75 Å². The van der Waals surface area contributed by atoms with E-state index in [9.17, 15) is 0 Å². The first-order chi connectivity index (χ1) is 18.1. The Morgan fingerprint density at radius 3 is 2.08 bits per heavy atom. The average molecular weight is 524 g/mol. The predicted octanol–water partition coefficient (Wildman–Crippen LogP) is 8.83. The van der Waals surface area contributed by atoms with Gasteiger partial charge in [0.1, 0.15) is 21.0 Å². The first-order valence-corrected chi connectivity index (χ1v) is 16.5. The number of unbranched alkanes of at least 4 members (excludes halogenated alkanes) is 9. The third-order valence-corrected chi connectivity index (χ3v) is 8.73. The highest BCUT2D eigenvalue weighted by atomic mass is 28.2. The van der Waals surface area contributed by atoms with E-state index in [4.69, 9.17) is 9.72 Å². The van der Waals surface area contributed by atoms with Crippen molar-refractivity contribution in [3.05, 3.63) is 30.7 Å². The normalized spacial score (nSPS) is 13.0. The molecule has 0 amide bonds. The lowest BCUT2D eigenvalue weighted by molar-refractivity contribution is 0.303. The summed E-state index contributed by atoms with van der Waals surface area (Å²) in [6.45, 7) is 10.1. The van der Waals surface area contributed by atoms with Gasteiger partial charge in [0, 0.05) is 11.5 Å². The number of hydrogen-bond donors (Lipinski definition) is 0. The molecule has 0 aliphatic rings. The molecule has 0 aliphatic heterocycles. The smallest absolute Gasteiger partial charge is 0.137 e. The van der Waals surface area contributed by atoms with Crippen molar-refractivity contribution in [1.29, 1.82) is 0 Å². The molecule has 0 saturated heterocycles. The van der Waals surface area contributed by atoms with E-state index in [1.54, 1.807) is 0 Å². The summed E-state index contributed by atoms with van der Waals surface area (Å²) in [6, 6.07) is 5.20. The second-order valence-electron chi connectivity index (χ2n) is 11.0. The number of ether oxygens (including phenoxy) is 1. The fourth-order valence-corrected chi connectivity index (χ4v) is 5.82. The van der Waals surface area contributed by atoms with Gasteiger partial charge in [0.25, 0.3) is 0 Å². The van der Waals surface area contributed by atoms with Crippen molar-refractivity contribution in [1.82, 2.24) is 15.0 Å². The molecule has 206 valence electrons. The lowest BCUT2D eigenvalue weighted by Crippen LogP contribution is -2.21. The van der Waals surface area contributed by atoms with Gasteiger partial charge >= 0.3 is 0 Å². The zero-order valence-corrected chi connectivity index (χ0v) is 25.3. The molecule has 0 aliphatic carbocycles. The van der Waals surface area contributed by atoms with E-state index in [0.29, 0.717) is 9.52 Å². The van der Waals surface area contributed by atoms with E-state index in [0.717, 1.165) is 47.3 Å². The Balaban J connectivity index is 1.64. The third-order valence-electron chi connectivity index (χ3n) is 7.23. The first kappa shape index (κ1) is 31.5. The van der Waals surface area contributed by atoms with Gasteiger partial charge in [0.2, 0.25) is 0 Å². The predicted molar refractivity (Wildman–Crippen MR) is 160 cm³/mol. The molecule has 0 spiro atoms. The number of aromatic nitrogens is 3. The minimum absolute atomic E-state index is 0.704. The summed E-state index contributed by atoms with van der Waals surface area (Å²) in [7, 11) is 0.704. The molecule has 37 heavy (non-hydrogen) atoms. The zero-order valence-electron chi connectivity index (χ0n) is 24.3. The topological polar surface area (TPSA) is 47.9 Å². The quantitative estimate of drug-likeness (QED) is 0.114. The Kier molecular flexibility index (Phi) is 17.2. The second kappa shape index (κ2) is 20.2. The van der Waals surface area contributed by atoms with E-state index in [-0.39, 0.29) is 0 Å². The molecule has 4 nitrogen and oxygen atoms in total. The van der Waals surface area contributed by atoms with Crippen molar-refractivity contribution in [2.24, 2.45) is 11.8 Å². The largest absolute Gasteiger partial charge is 0.492 e. The van der Waals surface area contributed by atoms with Crippen LogP contribution in [-0.4, -0.2) is 31.1 Å². The van der Waals surface area contributed by atoms with Gasteiger partial charge in [0.05, 0.1) is 24.7 Å². The highest BCUT2D eigenvalue weighted by molar-refractivity contribution is 6.52. The van der Waals surface area contributed by atoms with E-state index in [1.165, 1.54) is 95.9 Å². The molecule has 5 heteroatoms. The van der Waals surface area contributed by atoms with Gasteiger partial charge in [0.15, 0.2) is 0 Å². The summed E-state index contributed by atoms with van der Waals surface area (Å²) in [5.74, 6) is 2.48. The van der Waals surface area contributed by atoms with Crippen molar-refractivity contribution in [2.75, 3.05) is 6.61 Å². The first-order valence-electron chi connectivity index (χ1n) is 15.3. The summed E-state index contributed by atoms with van der Waals surface area (Å²) in [5.41, 5.74) is 1.72. The Bertz CT molecular complexity index is 814. The molecule has 0 N–H and O–H groups in total. The molecule has 2 rings (SSSR count). The van der Waals surface area contributed by atoms with E-state index in [1.807, 2.05) is 30.7 Å². The molecule has 2 atom stereocenters. The summed E-state index contributed by atoms with van der Waals surface area (Å²) in [6.07, 6.45) is 25.6. The number of rotatable bonds is 22. The van der Waals surface area contributed by atoms with Gasteiger partial charge in [-0.05, 0) is 30.4 Å². The van der Waals surface area contributed by atoms with Gasteiger partial charge in [-0.1, -0.05) is 124 Å². The standard InChI is InChI=1S/C32H53N3OSi/c1-5-7-9-10-11-16-22-36-29-20-21-30(34-23-29)31-24-33-25-32(35-31)37-26-28(4)19-15-12-14-18-27(3)17-13-8-6-2/h20-21,23-25,27-28H,5-19,22,26H2,1-4H3. The summed E-state index contributed by atoms with van der Waals surface area (Å²) >= 11 is 0. The SMILES string of the molecule is CCCCCCCCOc1ccc(-c2cncc([Si]CC(C)CCCCCC(C)CCCCC)n2)nc1. The Morgan fingerprint density at radius 2 is 1.35 bits per heavy atom. The highest BCUT2D eigenvalue weighted by Gasteiger charge is 2.09. The minimum Gasteiger partial charge on any atom is -0.492 e.